The summed E-state index contributed by atoms with van der Waals surface area (Å²) in [4.78, 5) is 0. The van der Waals surface area contributed by atoms with Crippen LogP contribution in [0.15, 0.2) is 206 Å². The number of halogens is 1. The van der Waals surface area contributed by atoms with Gasteiger partial charge in [-0.25, -0.2) is 18.6 Å². The topological polar surface area (TPSA) is 148 Å². The Morgan fingerprint density at radius 1 is 0.333 bits per heavy atom. The summed E-state index contributed by atoms with van der Waals surface area (Å²) in [6, 6.07) is 57.0. The quantitative estimate of drug-likeness (QED) is 0.0675. The molecule has 2 aliphatic carbocycles. The Labute approximate surface area is 350 Å². The summed E-state index contributed by atoms with van der Waals surface area (Å²) >= 11 is 0. The smallest absolute Gasteiger partial charge is 0.409 e. The minimum absolute atomic E-state index is 0. The van der Waals surface area contributed by atoms with E-state index in [0.717, 1.165) is 11.8 Å². The molecule has 0 amide bonds. The van der Waals surface area contributed by atoms with Crippen LogP contribution >= 0.6 is 17.2 Å². The number of hydrogen-bond acceptors (Lipinski definition) is 10. The van der Waals surface area contributed by atoms with Crippen molar-refractivity contribution in [2.75, 3.05) is 0 Å². The third kappa shape index (κ3) is 18.8. The molecule has 0 N–H and O–H groups in total. The van der Waals surface area contributed by atoms with Gasteiger partial charge in [-0.2, -0.15) is 0 Å². The third-order valence-corrected chi connectivity index (χ3v) is 9.45. The van der Waals surface area contributed by atoms with Crippen LogP contribution in [0.1, 0.15) is 6.42 Å². The molecular weight excluding hydrogens is 877 g/mol. The van der Waals surface area contributed by atoms with Crippen LogP contribution in [0.5, 0.6) is 34.5 Å². The molecule has 0 aliphatic heterocycles. The van der Waals surface area contributed by atoms with Gasteiger partial charge < -0.3 is 27.1 Å². The average Bonchev–Trinajstić information content (AvgIpc) is 3.87. The van der Waals surface area contributed by atoms with Gasteiger partial charge in [0.15, 0.2) is 0 Å². The molecule has 6 aromatic rings. The number of benzene rings is 6. The van der Waals surface area contributed by atoms with Gasteiger partial charge in [0.1, 0.15) is 34.5 Å². The van der Waals surface area contributed by atoms with Crippen molar-refractivity contribution in [1.82, 2.24) is 0 Å². The molecule has 0 saturated carbocycles. The van der Waals surface area contributed by atoms with E-state index in [4.69, 9.17) is 45.8 Å². The van der Waals surface area contributed by atoms with Crippen molar-refractivity contribution >= 4 is 17.2 Å². The fourth-order valence-electron chi connectivity index (χ4n) is 4.84. The van der Waals surface area contributed by atoms with Crippen molar-refractivity contribution in [3.63, 3.8) is 0 Å². The third-order valence-electron chi connectivity index (χ3n) is 7.29. The molecule has 8 rings (SSSR count). The van der Waals surface area contributed by atoms with Crippen LogP contribution in [-0.2, 0) is 19.5 Å². The Balaban J connectivity index is 0.000000193. The van der Waals surface area contributed by atoms with Crippen LogP contribution < -0.4 is 45.8 Å². The van der Waals surface area contributed by atoms with Gasteiger partial charge in [-0.3, -0.25) is 0 Å². The molecule has 57 heavy (non-hydrogen) atoms. The van der Waals surface area contributed by atoms with Crippen molar-refractivity contribution in [3.8, 4) is 34.5 Å². The van der Waals surface area contributed by atoms with Gasteiger partial charge in [0.25, 0.3) is 0 Å². The standard InChI is InChI=1S/2C18H15O3P.C7H8.ClHO4.Rh/c2*1-4-10-16(11-5-1)19-22(20-17-12-6-2-7-13-17)21-18-14-8-3-9-15-18;1-2-7-4-3-6(1)5-7;2-1(3,4)5;/h2*1-15H;1-4,6-7H,5H2;(H,2,3,4,5);/p-1. The van der Waals surface area contributed by atoms with E-state index >= 15 is 0 Å². The second-order valence-corrected chi connectivity index (χ2v) is 14.3. The van der Waals surface area contributed by atoms with Crippen molar-refractivity contribution in [2.45, 2.75) is 6.42 Å². The summed E-state index contributed by atoms with van der Waals surface area (Å²) in [5.41, 5.74) is 0. The number of rotatable bonds is 12. The molecule has 2 aliphatic rings. The van der Waals surface area contributed by atoms with E-state index in [-0.39, 0.29) is 19.5 Å². The summed E-state index contributed by atoms with van der Waals surface area (Å²) in [7, 11) is -8.12. The Hall–Kier alpha value is -4.79. The van der Waals surface area contributed by atoms with E-state index in [1.807, 2.05) is 182 Å². The maximum atomic E-state index is 8.49. The van der Waals surface area contributed by atoms with Crippen LogP contribution in [0.4, 0.5) is 0 Å². The Morgan fingerprint density at radius 3 is 0.614 bits per heavy atom. The predicted octanol–water partition coefficient (Wildman–Crippen LogP) is 7.89. The number of para-hydroxylation sites is 6. The van der Waals surface area contributed by atoms with Crippen LogP contribution in [-0.4, -0.2) is 0 Å². The molecule has 0 aromatic heterocycles. The second kappa shape index (κ2) is 24.8. The SMILES string of the molecule is C1=CC2C=CC1C2.[O-][Cl+3]([O-])([O-])[O-].[Rh].c1ccc(OP(Oc2ccccc2)Oc2ccccc2)cc1.c1ccc(OP(Oc2ccccc2)Oc2ccccc2)cc1. The molecule has 14 heteroatoms. The summed E-state index contributed by atoms with van der Waals surface area (Å²) < 4.78 is 69.0. The molecular formula is C43H38ClO10P2Rh-. The van der Waals surface area contributed by atoms with E-state index in [9.17, 15) is 0 Å². The van der Waals surface area contributed by atoms with Crippen LogP contribution in [0.2, 0.25) is 0 Å². The molecule has 0 saturated heterocycles. The van der Waals surface area contributed by atoms with Crippen LogP contribution in [0.3, 0.4) is 0 Å². The average molecular weight is 915 g/mol. The monoisotopic (exact) mass is 914 g/mol. The van der Waals surface area contributed by atoms with E-state index in [2.05, 4.69) is 24.3 Å². The van der Waals surface area contributed by atoms with Gasteiger partial charge in [0, 0.05) is 19.5 Å². The van der Waals surface area contributed by atoms with Crippen LogP contribution in [0, 0.1) is 22.1 Å². The maximum Gasteiger partial charge on any atom is 0.530 e. The summed E-state index contributed by atoms with van der Waals surface area (Å²) in [6.45, 7) is 0. The molecule has 0 heterocycles. The first kappa shape index (κ1) is 44.9. The summed E-state index contributed by atoms with van der Waals surface area (Å²) in [6.07, 6.45) is 10.5. The minimum Gasteiger partial charge on any atom is -0.409 e. The largest absolute Gasteiger partial charge is 0.530 e. The molecule has 297 valence electrons. The van der Waals surface area contributed by atoms with E-state index < -0.39 is 27.4 Å². The molecule has 10 nitrogen and oxygen atoms in total. The van der Waals surface area contributed by atoms with Gasteiger partial charge in [-0.1, -0.05) is 133 Å². The zero-order chi connectivity index (χ0) is 39.3. The van der Waals surface area contributed by atoms with Crippen molar-refractivity contribution in [3.05, 3.63) is 206 Å². The molecule has 6 aromatic carbocycles. The summed E-state index contributed by atoms with van der Waals surface area (Å²) in [5, 5.41) is 0. The van der Waals surface area contributed by atoms with Gasteiger partial charge in [0.05, 0.1) is 0 Å². The summed E-state index contributed by atoms with van der Waals surface area (Å²) in [5.74, 6) is 5.87. The van der Waals surface area contributed by atoms with Gasteiger partial charge in [0.2, 0.25) is 0 Å². The van der Waals surface area contributed by atoms with Crippen LogP contribution in [0.25, 0.3) is 0 Å². The first-order valence-corrected chi connectivity index (χ1v) is 20.6. The van der Waals surface area contributed by atoms with Crippen molar-refractivity contribution < 1.29 is 75.5 Å². The maximum absolute atomic E-state index is 8.49. The number of allylic oxidation sites excluding steroid dienone is 4. The van der Waals surface area contributed by atoms with E-state index in [0.29, 0.717) is 34.5 Å². The number of fused-ring (bicyclic) bond motifs is 2. The fourth-order valence-corrected chi connectivity index (χ4v) is 6.83. The second-order valence-electron chi connectivity index (χ2n) is 11.6. The van der Waals surface area contributed by atoms with E-state index in [1.165, 1.54) is 6.42 Å². The van der Waals surface area contributed by atoms with Gasteiger partial charge in [-0.05, 0) is 91.1 Å². The fraction of sp³-hybridized carbons (Fsp3) is 0.0698. The molecule has 2 bridgehead atoms. The predicted molar refractivity (Wildman–Crippen MR) is 206 cm³/mol. The zero-order valence-corrected chi connectivity index (χ0v) is 34.4. The zero-order valence-electron chi connectivity index (χ0n) is 30.2. The Kier molecular flexibility index (Phi) is 19.5. The van der Waals surface area contributed by atoms with E-state index in [1.54, 1.807) is 0 Å². The molecule has 0 fully saturated rings. The Bertz CT molecular complexity index is 1640. The first-order chi connectivity index (χ1) is 27.2. The molecule has 0 unspecified atom stereocenters. The molecule has 0 spiro atoms. The van der Waals surface area contributed by atoms with Crippen molar-refractivity contribution in [2.24, 2.45) is 11.8 Å². The Morgan fingerprint density at radius 2 is 0.491 bits per heavy atom. The molecule has 0 atom stereocenters. The van der Waals surface area contributed by atoms with Gasteiger partial charge >= 0.3 is 17.2 Å². The van der Waals surface area contributed by atoms with Crippen molar-refractivity contribution in [1.29, 1.82) is 0 Å². The normalized spacial score (nSPS) is 14.3. The number of hydrogen-bond donors (Lipinski definition) is 0. The van der Waals surface area contributed by atoms with Gasteiger partial charge in [-0.15, -0.1) is 10.2 Å². The first-order valence-electron chi connectivity index (χ1n) is 17.2. The molecule has 1 radical (unpaired) electrons. The minimum atomic E-state index is -4.94.